The third kappa shape index (κ3) is 2.02. The first-order valence-electron chi connectivity index (χ1n) is 5.52. The lowest BCUT2D eigenvalue weighted by Gasteiger charge is -2.11. The van der Waals surface area contributed by atoms with Crippen molar-refractivity contribution in [3.63, 3.8) is 0 Å². The third-order valence-electron chi connectivity index (χ3n) is 2.96. The second kappa shape index (κ2) is 4.52. The number of rotatable bonds is 3. The van der Waals surface area contributed by atoms with Crippen LogP contribution in [0.5, 0.6) is 11.5 Å². The molecule has 19 heavy (non-hydrogen) atoms. The van der Waals surface area contributed by atoms with Gasteiger partial charge in [0.05, 0.1) is 22.6 Å². The van der Waals surface area contributed by atoms with Crippen molar-refractivity contribution in [1.82, 2.24) is 0 Å². The molecule has 2 heterocycles. The first-order chi connectivity index (χ1) is 9.16. The van der Waals surface area contributed by atoms with Crippen molar-refractivity contribution in [3.05, 3.63) is 50.2 Å². The van der Waals surface area contributed by atoms with Gasteiger partial charge in [-0.05, 0) is 28.5 Å². The van der Waals surface area contributed by atoms with Crippen LogP contribution in [0.2, 0.25) is 0 Å². The highest BCUT2D eigenvalue weighted by molar-refractivity contribution is 7.08. The fourth-order valence-electron chi connectivity index (χ4n) is 1.99. The van der Waals surface area contributed by atoms with E-state index in [-0.39, 0.29) is 12.5 Å². The SMILES string of the molecule is N[C@@H](c1ccsc1)c1cc2c(cc1[N+](=O)[O-])OCO2. The van der Waals surface area contributed by atoms with Crippen molar-refractivity contribution < 1.29 is 14.4 Å². The number of hydrogen-bond donors (Lipinski definition) is 1. The van der Waals surface area contributed by atoms with E-state index in [9.17, 15) is 10.1 Å². The normalized spacial score (nSPS) is 14.4. The topological polar surface area (TPSA) is 87.6 Å². The van der Waals surface area contributed by atoms with E-state index in [0.29, 0.717) is 17.1 Å². The Morgan fingerprint density at radius 2 is 2.11 bits per heavy atom. The van der Waals surface area contributed by atoms with Crippen molar-refractivity contribution in [2.75, 3.05) is 6.79 Å². The summed E-state index contributed by atoms with van der Waals surface area (Å²) >= 11 is 1.50. The maximum Gasteiger partial charge on any atom is 0.278 e. The van der Waals surface area contributed by atoms with E-state index < -0.39 is 11.0 Å². The molecule has 1 aliphatic rings. The number of nitrogens with zero attached hydrogens (tertiary/aromatic N) is 1. The Labute approximate surface area is 112 Å². The molecule has 0 aliphatic carbocycles. The fraction of sp³-hybridized carbons (Fsp3) is 0.167. The monoisotopic (exact) mass is 278 g/mol. The maximum atomic E-state index is 11.2. The molecule has 0 amide bonds. The first kappa shape index (κ1) is 11.9. The molecule has 0 bridgehead atoms. The molecule has 98 valence electrons. The summed E-state index contributed by atoms with van der Waals surface area (Å²) in [5, 5.41) is 14.9. The van der Waals surface area contributed by atoms with Crippen molar-refractivity contribution >= 4 is 17.0 Å². The minimum Gasteiger partial charge on any atom is -0.454 e. The van der Waals surface area contributed by atoms with Gasteiger partial charge in [-0.3, -0.25) is 10.1 Å². The fourth-order valence-corrected chi connectivity index (χ4v) is 2.68. The zero-order valence-corrected chi connectivity index (χ0v) is 10.6. The summed E-state index contributed by atoms with van der Waals surface area (Å²) in [5.41, 5.74) is 7.31. The van der Waals surface area contributed by atoms with E-state index in [2.05, 4.69) is 0 Å². The van der Waals surface area contributed by atoms with Crippen LogP contribution in [0.25, 0.3) is 0 Å². The van der Waals surface area contributed by atoms with Crippen LogP contribution in [-0.4, -0.2) is 11.7 Å². The van der Waals surface area contributed by atoms with Crippen LogP contribution in [0.1, 0.15) is 17.2 Å². The zero-order valence-electron chi connectivity index (χ0n) is 9.74. The zero-order chi connectivity index (χ0) is 13.4. The quantitative estimate of drug-likeness (QED) is 0.688. The standard InChI is InChI=1S/C12H10N2O4S/c13-12(7-1-2-19-5-7)8-3-10-11(18-6-17-10)4-9(8)14(15)16/h1-5,12H,6,13H2/t12-/m0/s1. The lowest BCUT2D eigenvalue weighted by Crippen LogP contribution is -2.13. The van der Waals surface area contributed by atoms with Gasteiger partial charge < -0.3 is 15.2 Å². The molecule has 0 fully saturated rings. The second-order valence-electron chi connectivity index (χ2n) is 4.06. The molecular formula is C12H10N2O4S. The molecule has 0 saturated carbocycles. The van der Waals surface area contributed by atoms with Crippen molar-refractivity contribution in [3.8, 4) is 11.5 Å². The molecule has 2 aromatic rings. The van der Waals surface area contributed by atoms with Gasteiger partial charge in [0.25, 0.3) is 5.69 Å². The Kier molecular flexibility index (Phi) is 2.84. The van der Waals surface area contributed by atoms with Gasteiger partial charge in [0.1, 0.15) is 0 Å². The molecule has 2 N–H and O–H groups in total. The van der Waals surface area contributed by atoms with Gasteiger partial charge in [-0.2, -0.15) is 11.3 Å². The van der Waals surface area contributed by atoms with Crippen molar-refractivity contribution in [2.45, 2.75) is 6.04 Å². The summed E-state index contributed by atoms with van der Waals surface area (Å²) in [4.78, 5) is 10.7. The molecule has 0 saturated heterocycles. The molecule has 0 unspecified atom stereocenters. The summed E-state index contributed by atoms with van der Waals surface area (Å²) in [7, 11) is 0. The lowest BCUT2D eigenvalue weighted by molar-refractivity contribution is -0.385. The number of fused-ring (bicyclic) bond motifs is 1. The molecule has 1 aromatic carbocycles. The lowest BCUT2D eigenvalue weighted by atomic mass is 10.00. The Bertz CT molecular complexity index is 627. The van der Waals surface area contributed by atoms with Crippen LogP contribution in [0.15, 0.2) is 29.0 Å². The molecule has 1 aliphatic heterocycles. The van der Waals surface area contributed by atoms with E-state index in [1.54, 1.807) is 6.07 Å². The minimum atomic E-state index is -0.554. The smallest absolute Gasteiger partial charge is 0.278 e. The van der Waals surface area contributed by atoms with Crippen molar-refractivity contribution in [1.29, 1.82) is 0 Å². The van der Waals surface area contributed by atoms with Gasteiger partial charge in [0.15, 0.2) is 11.5 Å². The largest absolute Gasteiger partial charge is 0.454 e. The number of ether oxygens (including phenoxy) is 2. The van der Waals surface area contributed by atoms with Gasteiger partial charge in [-0.25, -0.2) is 0 Å². The predicted molar refractivity (Wildman–Crippen MR) is 69.6 cm³/mol. The van der Waals surface area contributed by atoms with Crippen LogP contribution in [0.3, 0.4) is 0 Å². The van der Waals surface area contributed by atoms with E-state index in [1.807, 2.05) is 16.8 Å². The molecule has 0 radical (unpaired) electrons. The Morgan fingerprint density at radius 3 is 2.74 bits per heavy atom. The van der Waals surface area contributed by atoms with Crippen LogP contribution >= 0.6 is 11.3 Å². The Hall–Kier alpha value is -2.12. The molecule has 0 spiro atoms. The third-order valence-corrected chi connectivity index (χ3v) is 3.66. The molecule has 1 aromatic heterocycles. The van der Waals surface area contributed by atoms with Crippen LogP contribution in [0, 0.1) is 10.1 Å². The van der Waals surface area contributed by atoms with Gasteiger partial charge >= 0.3 is 0 Å². The first-order valence-corrected chi connectivity index (χ1v) is 6.46. The second-order valence-corrected chi connectivity index (χ2v) is 4.84. The Morgan fingerprint density at radius 1 is 1.37 bits per heavy atom. The van der Waals surface area contributed by atoms with E-state index in [1.165, 1.54) is 17.4 Å². The van der Waals surface area contributed by atoms with E-state index in [4.69, 9.17) is 15.2 Å². The van der Waals surface area contributed by atoms with Crippen LogP contribution in [0.4, 0.5) is 5.69 Å². The highest BCUT2D eigenvalue weighted by atomic mass is 32.1. The summed E-state index contributed by atoms with van der Waals surface area (Å²) < 4.78 is 10.4. The summed E-state index contributed by atoms with van der Waals surface area (Å²) in [6.45, 7) is 0.0730. The van der Waals surface area contributed by atoms with E-state index >= 15 is 0 Å². The molecule has 3 rings (SSSR count). The average Bonchev–Trinajstić information content (AvgIpc) is 3.06. The Balaban J connectivity index is 2.11. The summed E-state index contributed by atoms with van der Waals surface area (Å²) in [6.07, 6.45) is 0. The number of nitrogens with two attached hydrogens (primary N) is 1. The molecule has 1 atom stereocenters. The molecule has 7 heteroatoms. The number of thiophene rings is 1. The predicted octanol–water partition coefficient (Wildman–Crippen LogP) is 2.43. The number of benzene rings is 1. The summed E-state index contributed by atoms with van der Waals surface area (Å²) in [6, 6.07) is 4.25. The highest BCUT2D eigenvalue weighted by Gasteiger charge is 2.27. The van der Waals surface area contributed by atoms with Gasteiger partial charge in [0, 0.05) is 0 Å². The van der Waals surface area contributed by atoms with Gasteiger partial charge in [-0.15, -0.1) is 0 Å². The van der Waals surface area contributed by atoms with Crippen LogP contribution < -0.4 is 15.2 Å². The van der Waals surface area contributed by atoms with Crippen LogP contribution in [-0.2, 0) is 0 Å². The van der Waals surface area contributed by atoms with Gasteiger partial charge in [-0.1, -0.05) is 0 Å². The minimum absolute atomic E-state index is 0.0528. The van der Waals surface area contributed by atoms with E-state index in [0.717, 1.165) is 5.56 Å². The highest BCUT2D eigenvalue weighted by Crippen LogP contribution is 2.41. The number of hydrogen-bond acceptors (Lipinski definition) is 6. The molecular weight excluding hydrogens is 268 g/mol. The maximum absolute atomic E-state index is 11.2. The number of nitro benzene ring substituents is 1. The summed E-state index contributed by atoms with van der Waals surface area (Å²) in [5.74, 6) is 0.874. The molecule has 6 nitrogen and oxygen atoms in total. The van der Waals surface area contributed by atoms with Gasteiger partial charge in [0.2, 0.25) is 6.79 Å². The average molecular weight is 278 g/mol. The van der Waals surface area contributed by atoms with Crippen molar-refractivity contribution in [2.24, 2.45) is 5.73 Å². The number of nitro groups is 1.